The first-order chi connectivity index (χ1) is 16.6. The van der Waals surface area contributed by atoms with Crippen LogP contribution in [0.1, 0.15) is 27.8 Å². The summed E-state index contributed by atoms with van der Waals surface area (Å²) in [6.45, 7) is 2.40. The van der Waals surface area contributed by atoms with Gasteiger partial charge in [0, 0.05) is 30.3 Å². The lowest BCUT2D eigenvalue weighted by atomic mass is 10.1. The standard InChI is InChI=1S/C26H25N5O3/c1-18-27-13-14-31(18)21-9-7-20(8-10-21)28-24-12-11-22-25(29-24)34-23(19-5-3-2-4-6-19)17-30(15-16-32)26(22)33/h2-14,23,32H,15-17H2,1H3,(H,28,29). The summed E-state index contributed by atoms with van der Waals surface area (Å²) in [7, 11) is 0. The molecule has 3 heterocycles. The van der Waals surface area contributed by atoms with Crippen molar-refractivity contribution < 1.29 is 14.6 Å². The molecule has 2 aromatic carbocycles. The van der Waals surface area contributed by atoms with Crippen molar-refractivity contribution in [3.63, 3.8) is 0 Å². The summed E-state index contributed by atoms with van der Waals surface area (Å²) in [4.78, 5) is 23.6. The average molecular weight is 456 g/mol. The number of β-amino-alcohol motifs (C(OH)–C–C–N with tert-alkyl or cyclic N) is 1. The Hall–Kier alpha value is -4.17. The Labute approximate surface area is 197 Å². The van der Waals surface area contributed by atoms with E-state index < -0.39 is 6.10 Å². The second kappa shape index (κ2) is 9.36. The molecule has 0 spiro atoms. The van der Waals surface area contributed by atoms with Gasteiger partial charge in [-0.1, -0.05) is 30.3 Å². The molecular formula is C26H25N5O3. The van der Waals surface area contributed by atoms with Gasteiger partial charge in [0.1, 0.15) is 23.3 Å². The second-order valence-electron chi connectivity index (χ2n) is 8.06. The van der Waals surface area contributed by atoms with Gasteiger partial charge in [-0.15, -0.1) is 0 Å². The summed E-state index contributed by atoms with van der Waals surface area (Å²) < 4.78 is 8.25. The molecule has 8 nitrogen and oxygen atoms in total. The number of aliphatic hydroxyl groups is 1. The SMILES string of the molecule is Cc1nccn1-c1ccc(Nc2ccc3c(n2)OC(c2ccccc2)CN(CCO)C3=O)cc1. The van der Waals surface area contributed by atoms with Gasteiger partial charge < -0.3 is 24.6 Å². The number of pyridine rings is 1. The average Bonchev–Trinajstić information content (AvgIpc) is 3.24. The van der Waals surface area contributed by atoms with Crippen molar-refractivity contribution in [2.75, 3.05) is 25.0 Å². The van der Waals surface area contributed by atoms with Crippen LogP contribution >= 0.6 is 0 Å². The lowest BCUT2D eigenvalue weighted by Gasteiger charge is -2.23. The van der Waals surface area contributed by atoms with Crippen molar-refractivity contribution in [3.05, 3.63) is 96.1 Å². The minimum atomic E-state index is -0.390. The van der Waals surface area contributed by atoms with Crippen LogP contribution in [0.15, 0.2) is 79.1 Å². The molecule has 1 unspecified atom stereocenters. The molecule has 0 bridgehead atoms. The second-order valence-corrected chi connectivity index (χ2v) is 8.06. The molecular weight excluding hydrogens is 430 g/mol. The van der Waals surface area contributed by atoms with Gasteiger partial charge in [-0.25, -0.2) is 4.98 Å². The smallest absolute Gasteiger partial charge is 0.259 e. The number of hydrogen-bond acceptors (Lipinski definition) is 6. The van der Waals surface area contributed by atoms with Crippen LogP contribution in [0, 0.1) is 6.92 Å². The van der Waals surface area contributed by atoms with E-state index in [1.807, 2.05) is 72.3 Å². The van der Waals surface area contributed by atoms with E-state index >= 15 is 0 Å². The van der Waals surface area contributed by atoms with E-state index in [1.54, 1.807) is 23.2 Å². The van der Waals surface area contributed by atoms with E-state index in [0.29, 0.717) is 17.9 Å². The molecule has 1 aliphatic heterocycles. The van der Waals surface area contributed by atoms with Crippen LogP contribution < -0.4 is 10.1 Å². The molecule has 0 saturated carbocycles. The van der Waals surface area contributed by atoms with Crippen LogP contribution in [-0.4, -0.2) is 50.1 Å². The zero-order valence-corrected chi connectivity index (χ0v) is 18.8. The Balaban J connectivity index is 1.42. The van der Waals surface area contributed by atoms with Crippen molar-refractivity contribution in [1.29, 1.82) is 0 Å². The number of ether oxygens (including phenoxy) is 1. The van der Waals surface area contributed by atoms with Crippen LogP contribution in [0.2, 0.25) is 0 Å². The fourth-order valence-electron chi connectivity index (χ4n) is 4.05. The summed E-state index contributed by atoms with van der Waals surface area (Å²) in [6.07, 6.45) is 3.30. The van der Waals surface area contributed by atoms with Gasteiger partial charge in [-0.2, -0.15) is 4.98 Å². The van der Waals surface area contributed by atoms with Crippen LogP contribution in [-0.2, 0) is 0 Å². The predicted molar refractivity (Wildman–Crippen MR) is 129 cm³/mol. The molecule has 5 rings (SSSR count). The summed E-state index contributed by atoms with van der Waals surface area (Å²) in [5, 5.41) is 12.8. The number of amides is 1. The van der Waals surface area contributed by atoms with E-state index in [0.717, 1.165) is 22.8 Å². The lowest BCUT2D eigenvalue weighted by molar-refractivity contribution is 0.0668. The Kier molecular flexibility index (Phi) is 5.97. The number of carbonyl (C=O) groups is 1. The zero-order chi connectivity index (χ0) is 23.5. The third-order valence-corrected chi connectivity index (χ3v) is 5.80. The molecule has 1 atom stereocenters. The number of nitrogens with zero attached hydrogens (tertiary/aromatic N) is 4. The van der Waals surface area contributed by atoms with Gasteiger partial charge in [0.25, 0.3) is 5.91 Å². The number of rotatable bonds is 6. The monoisotopic (exact) mass is 455 g/mol. The highest BCUT2D eigenvalue weighted by molar-refractivity contribution is 5.97. The van der Waals surface area contributed by atoms with Crippen molar-refractivity contribution in [3.8, 4) is 11.6 Å². The molecule has 4 aromatic rings. The Bertz CT molecular complexity index is 1290. The molecule has 8 heteroatoms. The number of aryl methyl sites for hydroxylation is 1. The molecule has 0 saturated heterocycles. The highest BCUT2D eigenvalue weighted by Gasteiger charge is 2.30. The Morgan fingerprint density at radius 3 is 2.59 bits per heavy atom. The topological polar surface area (TPSA) is 92.5 Å². The summed E-state index contributed by atoms with van der Waals surface area (Å²) in [5.41, 5.74) is 3.19. The van der Waals surface area contributed by atoms with E-state index in [9.17, 15) is 9.90 Å². The third kappa shape index (κ3) is 4.35. The maximum absolute atomic E-state index is 13.1. The molecule has 2 aromatic heterocycles. The minimum Gasteiger partial charge on any atom is -0.467 e. The number of nitrogens with one attached hydrogen (secondary N) is 1. The number of anilines is 2. The van der Waals surface area contributed by atoms with Crippen LogP contribution in [0.25, 0.3) is 5.69 Å². The van der Waals surface area contributed by atoms with E-state index in [1.165, 1.54) is 0 Å². The summed E-state index contributed by atoms with van der Waals surface area (Å²) >= 11 is 0. The van der Waals surface area contributed by atoms with Gasteiger partial charge in [0.05, 0.1) is 13.2 Å². The fraction of sp³-hybridized carbons (Fsp3) is 0.192. The maximum Gasteiger partial charge on any atom is 0.259 e. The Morgan fingerprint density at radius 1 is 1.09 bits per heavy atom. The minimum absolute atomic E-state index is 0.121. The lowest BCUT2D eigenvalue weighted by Crippen LogP contribution is -2.36. The molecule has 0 radical (unpaired) electrons. The van der Waals surface area contributed by atoms with Crippen molar-refractivity contribution in [1.82, 2.24) is 19.4 Å². The zero-order valence-electron chi connectivity index (χ0n) is 18.8. The molecule has 34 heavy (non-hydrogen) atoms. The quantitative estimate of drug-likeness (QED) is 0.458. The molecule has 0 aliphatic carbocycles. The summed E-state index contributed by atoms with van der Waals surface area (Å²) in [6, 6.07) is 21.1. The van der Waals surface area contributed by atoms with Gasteiger partial charge in [0.15, 0.2) is 0 Å². The number of aliphatic hydroxyl groups excluding tert-OH is 1. The highest BCUT2D eigenvalue weighted by atomic mass is 16.5. The van der Waals surface area contributed by atoms with Gasteiger partial charge in [0.2, 0.25) is 5.88 Å². The van der Waals surface area contributed by atoms with Crippen LogP contribution in [0.5, 0.6) is 5.88 Å². The number of fused-ring (bicyclic) bond motifs is 1. The normalized spacial score (nSPS) is 15.4. The first kappa shape index (κ1) is 21.7. The highest BCUT2D eigenvalue weighted by Crippen LogP contribution is 2.31. The molecule has 1 aliphatic rings. The molecule has 2 N–H and O–H groups in total. The number of carbonyl (C=O) groups excluding carboxylic acids is 1. The van der Waals surface area contributed by atoms with Crippen LogP contribution in [0.3, 0.4) is 0 Å². The van der Waals surface area contributed by atoms with Crippen molar-refractivity contribution in [2.24, 2.45) is 0 Å². The predicted octanol–water partition coefficient (Wildman–Crippen LogP) is 3.89. The largest absolute Gasteiger partial charge is 0.467 e. The maximum atomic E-state index is 13.1. The molecule has 1 amide bonds. The van der Waals surface area contributed by atoms with E-state index in [-0.39, 0.29) is 24.9 Å². The van der Waals surface area contributed by atoms with E-state index in [2.05, 4.69) is 15.3 Å². The van der Waals surface area contributed by atoms with Gasteiger partial charge in [-0.3, -0.25) is 4.79 Å². The third-order valence-electron chi connectivity index (χ3n) is 5.80. The molecule has 0 fully saturated rings. The van der Waals surface area contributed by atoms with Crippen LogP contribution in [0.4, 0.5) is 11.5 Å². The summed E-state index contributed by atoms with van der Waals surface area (Å²) in [5.74, 6) is 1.55. The first-order valence-electron chi connectivity index (χ1n) is 11.1. The van der Waals surface area contributed by atoms with Gasteiger partial charge >= 0.3 is 0 Å². The number of hydrogen-bond donors (Lipinski definition) is 2. The molecule has 172 valence electrons. The van der Waals surface area contributed by atoms with E-state index in [4.69, 9.17) is 4.74 Å². The Morgan fingerprint density at radius 2 is 1.88 bits per heavy atom. The number of benzene rings is 2. The van der Waals surface area contributed by atoms with Gasteiger partial charge in [-0.05, 0) is 48.9 Å². The van der Waals surface area contributed by atoms with Crippen molar-refractivity contribution in [2.45, 2.75) is 13.0 Å². The number of aromatic nitrogens is 3. The number of imidazole rings is 1. The fourth-order valence-corrected chi connectivity index (χ4v) is 4.05. The van der Waals surface area contributed by atoms with Crippen molar-refractivity contribution >= 4 is 17.4 Å². The first-order valence-corrected chi connectivity index (χ1v) is 11.1.